The highest BCUT2D eigenvalue weighted by molar-refractivity contribution is 5.35. The predicted octanol–water partition coefficient (Wildman–Crippen LogP) is 2.41. The third-order valence-corrected chi connectivity index (χ3v) is 2.71. The third-order valence-electron chi connectivity index (χ3n) is 2.71. The fourth-order valence-corrected chi connectivity index (χ4v) is 1.93. The number of aromatic nitrogens is 1. The third kappa shape index (κ3) is 2.69. The Labute approximate surface area is 90.9 Å². The van der Waals surface area contributed by atoms with E-state index in [4.69, 9.17) is 4.74 Å². The number of nitrogens with one attached hydrogen (secondary N) is 1. The number of ether oxygens (including phenoxy) is 1. The average molecular weight is 206 g/mol. The molecule has 2 rings (SSSR count). The van der Waals surface area contributed by atoms with E-state index < -0.39 is 0 Å². The molecule has 0 bridgehead atoms. The summed E-state index contributed by atoms with van der Waals surface area (Å²) in [5.74, 6) is 1.46. The molecule has 1 aromatic rings. The van der Waals surface area contributed by atoms with Crippen molar-refractivity contribution >= 4 is 5.82 Å². The predicted molar refractivity (Wildman–Crippen MR) is 61.2 cm³/mol. The van der Waals surface area contributed by atoms with Crippen LogP contribution in [0, 0.1) is 0 Å². The van der Waals surface area contributed by atoms with Crippen LogP contribution in [-0.4, -0.2) is 24.7 Å². The number of nitrogens with zero attached hydrogens (tertiary/aromatic N) is 1. The first-order chi connectivity index (χ1) is 7.40. The Morgan fingerprint density at radius 2 is 2.47 bits per heavy atom. The van der Waals surface area contributed by atoms with Gasteiger partial charge in [-0.2, -0.15) is 0 Å². The average Bonchev–Trinajstić information content (AvgIpc) is 2.31. The Kier molecular flexibility index (Phi) is 3.56. The van der Waals surface area contributed by atoms with Crippen LogP contribution in [0.5, 0.6) is 0 Å². The number of hydrogen-bond donors (Lipinski definition) is 1. The van der Waals surface area contributed by atoms with E-state index in [1.54, 1.807) is 0 Å². The monoisotopic (exact) mass is 206 g/mol. The molecule has 3 nitrogen and oxygen atoms in total. The summed E-state index contributed by atoms with van der Waals surface area (Å²) in [6, 6.07) is 6.17. The molecule has 1 N–H and O–H groups in total. The lowest BCUT2D eigenvalue weighted by Gasteiger charge is -2.21. The van der Waals surface area contributed by atoms with Crippen LogP contribution in [0.4, 0.5) is 5.82 Å². The van der Waals surface area contributed by atoms with E-state index in [2.05, 4.69) is 29.4 Å². The van der Waals surface area contributed by atoms with Crippen LogP contribution in [0.3, 0.4) is 0 Å². The van der Waals surface area contributed by atoms with E-state index in [9.17, 15) is 0 Å². The Bertz CT molecular complexity index is 308. The van der Waals surface area contributed by atoms with Gasteiger partial charge in [0.2, 0.25) is 0 Å². The van der Waals surface area contributed by atoms with Crippen molar-refractivity contribution in [2.75, 3.05) is 25.1 Å². The highest BCUT2D eigenvalue weighted by Gasteiger charge is 2.17. The van der Waals surface area contributed by atoms with Gasteiger partial charge in [0.15, 0.2) is 0 Å². The Morgan fingerprint density at radius 3 is 3.20 bits per heavy atom. The van der Waals surface area contributed by atoms with Crippen molar-refractivity contribution < 1.29 is 4.74 Å². The van der Waals surface area contributed by atoms with Gasteiger partial charge in [-0.25, -0.2) is 4.98 Å². The molecule has 1 aromatic heterocycles. The molecular weight excluding hydrogens is 188 g/mol. The molecule has 0 aromatic carbocycles. The van der Waals surface area contributed by atoms with Crippen molar-refractivity contribution in [3.63, 3.8) is 0 Å². The molecule has 1 aliphatic rings. The van der Waals surface area contributed by atoms with Gasteiger partial charge in [-0.15, -0.1) is 0 Å². The van der Waals surface area contributed by atoms with E-state index in [1.165, 1.54) is 6.42 Å². The normalized spacial score (nSPS) is 21.3. The fourth-order valence-electron chi connectivity index (χ4n) is 1.93. The minimum atomic E-state index is 0.484. The first kappa shape index (κ1) is 10.4. The summed E-state index contributed by atoms with van der Waals surface area (Å²) >= 11 is 0. The summed E-state index contributed by atoms with van der Waals surface area (Å²) in [4.78, 5) is 4.60. The van der Waals surface area contributed by atoms with Crippen molar-refractivity contribution in [2.24, 2.45) is 0 Å². The van der Waals surface area contributed by atoms with Crippen molar-refractivity contribution in [1.82, 2.24) is 4.98 Å². The summed E-state index contributed by atoms with van der Waals surface area (Å²) < 4.78 is 5.48. The largest absolute Gasteiger partial charge is 0.381 e. The van der Waals surface area contributed by atoms with Gasteiger partial charge in [0.05, 0.1) is 6.61 Å². The number of pyridine rings is 1. The highest BCUT2D eigenvalue weighted by atomic mass is 16.5. The SMILES string of the molecule is CCNc1cccc([C@H]2CCCOC2)n1. The van der Waals surface area contributed by atoms with Gasteiger partial charge in [0.25, 0.3) is 0 Å². The lowest BCUT2D eigenvalue weighted by molar-refractivity contribution is 0.0793. The second-order valence-corrected chi connectivity index (χ2v) is 3.89. The summed E-state index contributed by atoms with van der Waals surface area (Å²) in [5.41, 5.74) is 1.16. The molecular formula is C12H18N2O. The lowest BCUT2D eigenvalue weighted by atomic mass is 9.98. The molecule has 1 fully saturated rings. The topological polar surface area (TPSA) is 34.1 Å². The Hall–Kier alpha value is -1.09. The summed E-state index contributed by atoms with van der Waals surface area (Å²) in [5, 5.41) is 3.24. The first-order valence-electron chi connectivity index (χ1n) is 5.68. The van der Waals surface area contributed by atoms with Crippen LogP contribution in [0.2, 0.25) is 0 Å². The molecule has 0 unspecified atom stereocenters. The van der Waals surface area contributed by atoms with Gasteiger partial charge in [0.1, 0.15) is 5.82 Å². The van der Waals surface area contributed by atoms with Crippen LogP contribution in [0.1, 0.15) is 31.4 Å². The fraction of sp³-hybridized carbons (Fsp3) is 0.583. The van der Waals surface area contributed by atoms with Crippen LogP contribution in [0.25, 0.3) is 0 Å². The quantitative estimate of drug-likeness (QED) is 0.824. The van der Waals surface area contributed by atoms with Crippen LogP contribution < -0.4 is 5.32 Å². The molecule has 82 valence electrons. The van der Waals surface area contributed by atoms with Gasteiger partial charge >= 0.3 is 0 Å². The minimum absolute atomic E-state index is 0.484. The zero-order valence-electron chi connectivity index (χ0n) is 9.20. The van der Waals surface area contributed by atoms with Crippen LogP contribution >= 0.6 is 0 Å². The Balaban J connectivity index is 2.09. The van der Waals surface area contributed by atoms with E-state index in [0.29, 0.717) is 5.92 Å². The molecule has 2 heterocycles. The van der Waals surface area contributed by atoms with Gasteiger partial charge in [-0.3, -0.25) is 0 Å². The maximum Gasteiger partial charge on any atom is 0.126 e. The molecule has 15 heavy (non-hydrogen) atoms. The first-order valence-corrected chi connectivity index (χ1v) is 5.68. The summed E-state index contributed by atoms with van der Waals surface area (Å²) in [6.07, 6.45) is 2.35. The second kappa shape index (κ2) is 5.12. The lowest BCUT2D eigenvalue weighted by Crippen LogP contribution is -2.17. The van der Waals surface area contributed by atoms with E-state index >= 15 is 0 Å². The summed E-state index contributed by atoms with van der Waals surface area (Å²) in [6.45, 7) is 4.72. The van der Waals surface area contributed by atoms with Crippen LogP contribution in [0.15, 0.2) is 18.2 Å². The van der Waals surface area contributed by atoms with E-state index in [1.807, 2.05) is 6.07 Å². The molecule has 0 saturated carbocycles. The van der Waals surface area contributed by atoms with Crippen LogP contribution in [-0.2, 0) is 4.74 Å². The molecule has 0 spiro atoms. The van der Waals surface area contributed by atoms with Gasteiger partial charge in [-0.05, 0) is 31.9 Å². The zero-order valence-corrected chi connectivity index (χ0v) is 9.20. The maximum absolute atomic E-state index is 5.48. The Morgan fingerprint density at radius 1 is 1.53 bits per heavy atom. The van der Waals surface area contributed by atoms with Gasteiger partial charge in [-0.1, -0.05) is 6.07 Å². The number of anilines is 1. The zero-order chi connectivity index (χ0) is 10.5. The van der Waals surface area contributed by atoms with Crippen molar-refractivity contribution in [3.8, 4) is 0 Å². The molecule has 1 saturated heterocycles. The van der Waals surface area contributed by atoms with Gasteiger partial charge in [0, 0.05) is 24.8 Å². The molecule has 1 aliphatic heterocycles. The molecule has 1 atom stereocenters. The summed E-state index contributed by atoms with van der Waals surface area (Å²) in [7, 11) is 0. The molecule has 3 heteroatoms. The highest BCUT2D eigenvalue weighted by Crippen LogP contribution is 2.24. The van der Waals surface area contributed by atoms with E-state index in [0.717, 1.165) is 37.7 Å². The molecule has 0 radical (unpaired) electrons. The second-order valence-electron chi connectivity index (χ2n) is 3.89. The molecule has 0 amide bonds. The van der Waals surface area contributed by atoms with Crippen molar-refractivity contribution in [1.29, 1.82) is 0 Å². The smallest absolute Gasteiger partial charge is 0.126 e. The van der Waals surface area contributed by atoms with E-state index in [-0.39, 0.29) is 0 Å². The number of rotatable bonds is 3. The standard InChI is InChI=1S/C12H18N2O/c1-2-13-12-7-3-6-11(14-12)10-5-4-8-15-9-10/h3,6-7,10H,2,4-5,8-9H2,1H3,(H,13,14)/t10-/m0/s1. The maximum atomic E-state index is 5.48. The van der Waals surface area contributed by atoms with Crippen molar-refractivity contribution in [2.45, 2.75) is 25.7 Å². The number of hydrogen-bond acceptors (Lipinski definition) is 3. The van der Waals surface area contributed by atoms with Crippen molar-refractivity contribution in [3.05, 3.63) is 23.9 Å². The van der Waals surface area contributed by atoms with Gasteiger partial charge < -0.3 is 10.1 Å². The molecule has 0 aliphatic carbocycles. The minimum Gasteiger partial charge on any atom is -0.381 e.